The summed E-state index contributed by atoms with van der Waals surface area (Å²) in [5, 5.41) is 19.9. The lowest BCUT2D eigenvalue weighted by Gasteiger charge is -2.18. The number of carbonyl (C=O) groups is 3. The molecule has 2 aromatic carbocycles. The SMILES string of the molecule is COc1c(OC(=O)CC(=O)N2CC[C@@H](O)C2)ccc(C=Cc2n[nH]c3ccccc23)c1-c1csc(C(N)=O)c1C. The number of β-amino-alcohol motifs (C(OH)–C–C–N with tert-alkyl or cyclic N) is 1. The van der Waals surface area contributed by atoms with Crippen LogP contribution in [-0.4, -0.2) is 64.3 Å². The zero-order chi connectivity index (χ0) is 28.4. The highest BCUT2D eigenvalue weighted by Crippen LogP contribution is 2.45. The highest BCUT2D eigenvalue weighted by Gasteiger charge is 2.28. The summed E-state index contributed by atoms with van der Waals surface area (Å²) in [6.45, 7) is 2.39. The Hall–Kier alpha value is -4.48. The molecule has 1 saturated heterocycles. The molecule has 5 rings (SSSR count). The maximum Gasteiger partial charge on any atom is 0.320 e. The topological polar surface area (TPSA) is 148 Å². The second-order valence-electron chi connectivity index (χ2n) is 9.45. The van der Waals surface area contributed by atoms with Crippen LogP contribution in [0.4, 0.5) is 0 Å². The van der Waals surface area contributed by atoms with Crippen LogP contribution in [-0.2, 0) is 9.59 Å². The molecule has 2 aromatic heterocycles. The van der Waals surface area contributed by atoms with Gasteiger partial charge in [-0.05, 0) is 48.1 Å². The lowest BCUT2D eigenvalue weighted by atomic mass is 9.96. The average molecular weight is 561 g/mol. The first-order valence-electron chi connectivity index (χ1n) is 12.6. The fourth-order valence-electron chi connectivity index (χ4n) is 4.83. The number of aliphatic hydroxyl groups excluding tert-OH is 1. The van der Waals surface area contributed by atoms with Crippen molar-refractivity contribution in [2.24, 2.45) is 5.73 Å². The molecule has 4 aromatic rings. The van der Waals surface area contributed by atoms with Crippen molar-refractivity contribution in [3.05, 3.63) is 63.5 Å². The minimum absolute atomic E-state index is 0.130. The monoisotopic (exact) mass is 560 g/mol. The van der Waals surface area contributed by atoms with E-state index in [0.717, 1.165) is 22.2 Å². The molecule has 1 fully saturated rings. The predicted octanol–water partition coefficient (Wildman–Crippen LogP) is 3.77. The zero-order valence-electron chi connectivity index (χ0n) is 22.0. The Morgan fingerprint density at radius 3 is 2.73 bits per heavy atom. The van der Waals surface area contributed by atoms with Gasteiger partial charge in [-0.3, -0.25) is 19.5 Å². The second kappa shape index (κ2) is 11.3. The van der Waals surface area contributed by atoms with Crippen molar-refractivity contribution in [3.63, 3.8) is 0 Å². The Balaban J connectivity index is 1.52. The van der Waals surface area contributed by atoms with Crippen molar-refractivity contribution in [2.45, 2.75) is 25.9 Å². The minimum Gasteiger partial charge on any atom is -0.492 e. The number of fused-ring (bicyclic) bond motifs is 1. The van der Waals surface area contributed by atoms with Crippen LogP contribution in [0.2, 0.25) is 0 Å². The summed E-state index contributed by atoms with van der Waals surface area (Å²) in [5.74, 6) is -1.30. The molecule has 2 amide bonds. The number of aromatic amines is 1. The maximum absolute atomic E-state index is 12.8. The molecule has 4 N–H and O–H groups in total. The van der Waals surface area contributed by atoms with E-state index in [1.165, 1.54) is 23.3 Å². The lowest BCUT2D eigenvalue weighted by molar-refractivity contribution is -0.142. The molecule has 1 atom stereocenters. The number of nitrogens with two attached hydrogens (primary N) is 1. The quantitative estimate of drug-likeness (QED) is 0.169. The molecule has 10 nitrogen and oxygen atoms in total. The van der Waals surface area contributed by atoms with Crippen LogP contribution in [0.3, 0.4) is 0 Å². The third-order valence-electron chi connectivity index (χ3n) is 6.85. The van der Waals surface area contributed by atoms with Crippen molar-refractivity contribution in [1.82, 2.24) is 15.1 Å². The highest BCUT2D eigenvalue weighted by molar-refractivity contribution is 7.12. The molecule has 206 valence electrons. The number of para-hydroxylation sites is 1. The number of benzene rings is 2. The summed E-state index contributed by atoms with van der Waals surface area (Å²) in [5.41, 5.74) is 9.91. The fraction of sp³-hybridized carbons (Fsp3) is 0.241. The van der Waals surface area contributed by atoms with E-state index in [9.17, 15) is 19.5 Å². The first-order valence-corrected chi connectivity index (χ1v) is 13.5. The predicted molar refractivity (Wildman–Crippen MR) is 152 cm³/mol. The number of aromatic nitrogens is 2. The van der Waals surface area contributed by atoms with Crippen LogP contribution in [0, 0.1) is 6.92 Å². The number of likely N-dealkylation sites (tertiary alicyclic amines) is 1. The Morgan fingerprint density at radius 2 is 2.02 bits per heavy atom. The minimum atomic E-state index is -0.748. The van der Waals surface area contributed by atoms with Gasteiger partial charge in [0.2, 0.25) is 5.91 Å². The largest absolute Gasteiger partial charge is 0.492 e. The normalized spacial score (nSPS) is 15.2. The van der Waals surface area contributed by atoms with E-state index in [-0.39, 0.29) is 18.0 Å². The van der Waals surface area contributed by atoms with Crippen molar-refractivity contribution in [1.29, 1.82) is 0 Å². The molecule has 0 bridgehead atoms. The molecule has 11 heteroatoms. The number of aliphatic hydroxyl groups is 1. The van der Waals surface area contributed by atoms with Crippen molar-refractivity contribution in [2.75, 3.05) is 20.2 Å². The molecule has 1 aliphatic heterocycles. The molecule has 0 radical (unpaired) electrons. The first-order chi connectivity index (χ1) is 19.3. The fourth-order valence-corrected chi connectivity index (χ4v) is 5.76. The summed E-state index contributed by atoms with van der Waals surface area (Å²) >= 11 is 1.22. The van der Waals surface area contributed by atoms with Crippen LogP contribution in [0.5, 0.6) is 11.5 Å². The van der Waals surface area contributed by atoms with Crippen molar-refractivity contribution < 1.29 is 29.0 Å². The zero-order valence-corrected chi connectivity index (χ0v) is 22.8. The molecule has 1 aliphatic rings. The number of methoxy groups -OCH3 is 1. The lowest BCUT2D eigenvalue weighted by Crippen LogP contribution is -2.32. The number of nitrogens with zero attached hydrogens (tertiary/aromatic N) is 2. The van der Waals surface area contributed by atoms with E-state index in [4.69, 9.17) is 15.2 Å². The number of nitrogens with one attached hydrogen (secondary N) is 1. The average Bonchev–Trinajstić information content (AvgIpc) is 3.65. The number of esters is 1. The van der Waals surface area contributed by atoms with Crippen LogP contribution >= 0.6 is 11.3 Å². The van der Waals surface area contributed by atoms with E-state index in [2.05, 4.69) is 10.2 Å². The van der Waals surface area contributed by atoms with Gasteiger partial charge in [-0.2, -0.15) is 5.10 Å². The number of rotatable bonds is 8. The first kappa shape index (κ1) is 27.1. The molecular formula is C29H28N4O6S. The third-order valence-corrected chi connectivity index (χ3v) is 7.94. The van der Waals surface area contributed by atoms with E-state index in [0.29, 0.717) is 34.5 Å². The van der Waals surface area contributed by atoms with Crippen molar-refractivity contribution in [3.8, 4) is 22.6 Å². The Morgan fingerprint density at radius 1 is 1.23 bits per heavy atom. The number of hydrogen-bond donors (Lipinski definition) is 3. The van der Waals surface area contributed by atoms with Gasteiger partial charge in [-0.25, -0.2) is 0 Å². The number of carbonyl (C=O) groups excluding carboxylic acids is 3. The number of thiophene rings is 1. The Bertz CT molecular complexity index is 1640. The number of H-pyrrole nitrogens is 1. The highest BCUT2D eigenvalue weighted by atomic mass is 32.1. The van der Waals surface area contributed by atoms with Gasteiger partial charge < -0.3 is 25.2 Å². The standard InChI is InChI=1S/C29H28N4O6S/c1-16-20(15-40-28(16)29(30)37)26-17(7-9-22-19-5-3-4-6-21(19)31-32-22)8-10-23(27(26)38-2)39-25(36)13-24(35)33-12-11-18(34)14-33/h3-10,15,18,34H,11-14H2,1-2H3,(H2,30,37)(H,31,32)/t18-/m1/s1. The summed E-state index contributed by atoms with van der Waals surface area (Å²) in [6.07, 6.45) is 3.16. The van der Waals surface area contributed by atoms with Crippen LogP contribution in [0.15, 0.2) is 41.8 Å². The maximum atomic E-state index is 12.8. The van der Waals surface area contributed by atoms with Gasteiger partial charge in [0.25, 0.3) is 5.91 Å². The third kappa shape index (κ3) is 5.33. The smallest absolute Gasteiger partial charge is 0.320 e. The second-order valence-corrected chi connectivity index (χ2v) is 10.3. The van der Waals surface area contributed by atoms with Crippen molar-refractivity contribution >= 4 is 52.2 Å². The van der Waals surface area contributed by atoms with Gasteiger partial charge in [0.15, 0.2) is 11.5 Å². The van der Waals surface area contributed by atoms with E-state index < -0.39 is 30.3 Å². The molecule has 0 unspecified atom stereocenters. The molecule has 0 aliphatic carbocycles. The summed E-state index contributed by atoms with van der Waals surface area (Å²) in [7, 11) is 1.46. The Kier molecular flexibility index (Phi) is 7.67. The Labute approximate surface area is 234 Å². The van der Waals surface area contributed by atoms with Gasteiger partial charge in [0.1, 0.15) is 6.42 Å². The molecule has 0 saturated carbocycles. The number of primary amides is 1. The van der Waals surface area contributed by atoms with E-state index in [1.807, 2.05) is 41.8 Å². The summed E-state index contributed by atoms with van der Waals surface area (Å²) in [6, 6.07) is 11.1. The molecule has 0 spiro atoms. The van der Waals surface area contributed by atoms with Gasteiger partial charge in [0.05, 0.1) is 29.3 Å². The molecule has 40 heavy (non-hydrogen) atoms. The molecule has 3 heterocycles. The summed E-state index contributed by atoms with van der Waals surface area (Å²) < 4.78 is 11.4. The van der Waals surface area contributed by atoms with Gasteiger partial charge in [-0.15, -0.1) is 11.3 Å². The van der Waals surface area contributed by atoms with E-state index in [1.54, 1.807) is 19.1 Å². The summed E-state index contributed by atoms with van der Waals surface area (Å²) in [4.78, 5) is 39.1. The number of amides is 2. The number of ether oxygens (including phenoxy) is 2. The van der Waals surface area contributed by atoms with Crippen LogP contribution in [0.1, 0.15) is 39.3 Å². The van der Waals surface area contributed by atoms with Gasteiger partial charge in [0, 0.05) is 29.6 Å². The van der Waals surface area contributed by atoms with Gasteiger partial charge in [-0.1, -0.05) is 30.3 Å². The van der Waals surface area contributed by atoms with Crippen LogP contribution in [0.25, 0.3) is 34.2 Å². The van der Waals surface area contributed by atoms with Gasteiger partial charge >= 0.3 is 5.97 Å². The number of hydrogen-bond acceptors (Lipinski definition) is 8. The molecular weight excluding hydrogens is 532 g/mol. The van der Waals surface area contributed by atoms with E-state index >= 15 is 0 Å². The van der Waals surface area contributed by atoms with Crippen LogP contribution < -0.4 is 15.2 Å².